The number of benzene rings is 2. The Morgan fingerprint density at radius 2 is 1.69 bits per heavy atom. The second-order valence-electron chi connectivity index (χ2n) is 10.2. The predicted molar refractivity (Wildman–Crippen MR) is 127 cm³/mol. The molecule has 2 aromatic carbocycles. The lowest BCUT2D eigenvalue weighted by Gasteiger charge is -2.60. The highest BCUT2D eigenvalue weighted by Crippen LogP contribution is 2.58. The molecule has 4 aliphatic carbocycles. The highest BCUT2D eigenvalue weighted by molar-refractivity contribution is 7.92. The molecule has 194 valence electrons. The van der Waals surface area contributed by atoms with Crippen molar-refractivity contribution in [2.24, 2.45) is 17.8 Å². The summed E-state index contributed by atoms with van der Waals surface area (Å²) in [4.78, 5) is 12.4. The van der Waals surface area contributed by atoms with Gasteiger partial charge in [0.15, 0.2) is 21.5 Å². The molecule has 4 atom stereocenters. The summed E-state index contributed by atoms with van der Waals surface area (Å²) in [5, 5.41) is 33.6. The Kier molecular flexibility index (Phi) is 6.40. The van der Waals surface area contributed by atoms with Crippen molar-refractivity contribution in [2.45, 2.75) is 60.1 Å². The van der Waals surface area contributed by atoms with E-state index in [4.69, 9.17) is 11.6 Å². The molecule has 4 N–H and O–H groups in total. The van der Waals surface area contributed by atoms with E-state index in [0.717, 1.165) is 31.0 Å². The van der Waals surface area contributed by atoms with Crippen LogP contribution in [0.2, 0.25) is 5.02 Å². The van der Waals surface area contributed by atoms with Crippen LogP contribution in [-0.4, -0.2) is 52.7 Å². The van der Waals surface area contributed by atoms with Crippen LogP contribution in [0.5, 0.6) is 0 Å². The van der Waals surface area contributed by atoms with Crippen molar-refractivity contribution >= 4 is 33.0 Å². The van der Waals surface area contributed by atoms with E-state index in [2.05, 4.69) is 5.32 Å². The van der Waals surface area contributed by atoms with Gasteiger partial charge in [-0.15, -0.1) is 0 Å². The maximum absolute atomic E-state index is 13.5. The summed E-state index contributed by atoms with van der Waals surface area (Å²) in [7, 11) is -4.01. The number of anilines is 1. The maximum atomic E-state index is 13.5. The minimum Gasteiger partial charge on any atom is -0.390 e. The van der Waals surface area contributed by atoms with Crippen LogP contribution in [0.25, 0.3) is 0 Å². The third-order valence-corrected chi connectivity index (χ3v) is 10.6. The molecule has 7 nitrogen and oxygen atoms in total. The van der Waals surface area contributed by atoms with Gasteiger partial charge in [-0.05, 0) is 80.2 Å². The molecule has 2 bridgehead atoms. The Bertz CT molecular complexity index is 1310. The van der Waals surface area contributed by atoms with Crippen molar-refractivity contribution in [2.75, 3.05) is 5.32 Å². The molecular weight excluding hydrogens is 516 g/mol. The van der Waals surface area contributed by atoms with Gasteiger partial charge >= 0.3 is 0 Å². The van der Waals surface area contributed by atoms with E-state index in [1.807, 2.05) is 0 Å². The van der Waals surface area contributed by atoms with E-state index >= 15 is 0 Å². The third-order valence-electron chi connectivity index (χ3n) is 7.99. The lowest BCUT2D eigenvalue weighted by Crippen LogP contribution is -2.69. The zero-order chi connectivity index (χ0) is 26.0. The highest BCUT2D eigenvalue weighted by atomic mass is 35.5. The number of carbonyl (C=O) groups is 1. The molecule has 4 fully saturated rings. The van der Waals surface area contributed by atoms with Crippen LogP contribution in [-0.2, 0) is 9.84 Å². The second-order valence-corrected chi connectivity index (χ2v) is 12.8. The molecule has 6 rings (SSSR count). The number of hydrogen-bond acceptors (Lipinski definition) is 6. The standard InChI is InChI=1S/C25H26ClF2NO6S/c26-18-5-3-13(24(32)29-16-4-6-19(27)20(28)11-16)7-21(18)36(34,35)17-9-14-8-15(10-17)25(14,33)23(31)22(30)12-1-2-12/h3-7,11-12,14-15,17,22-23,30-31,33H,1-2,8-10H2,(H,29,32)/t14?,15?,17?,22-,23+,25?/m0/s1. The first-order valence-electron chi connectivity index (χ1n) is 11.8. The number of rotatable bonds is 7. The average Bonchev–Trinajstić information content (AvgIpc) is 3.70. The molecular formula is C25H26ClF2NO6S. The minimum absolute atomic E-state index is 0.00291. The fourth-order valence-electron chi connectivity index (χ4n) is 5.72. The van der Waals surface area contributed by atoms with Crippen LogP contribution in [0.4, 0.5) is 14.5 Å². The molecule has 2 aromatic rings. The molecule has 0 aromatic heterocycles. The summed E-state index contributed by atoms with van der Waals surface area (Å²) >= 11 is 6.22. The molecule has 1 amide bonds. The molecule has 0 radical (unpaired) electrons. The number of aliphatic hydroxyl groups is 3. The minimum atomic E-state index is -4.01. The van der Waals surface area contributed by atoms with Gasteiger partial charge in [-0.3, -0.25) is 4.79 Å². The van der Waals surface area contributed by atoms with E-state index in [-0.39, 0.29) is 39.9 Å². The van der Waals surface area contributed by atoms with Crippen LogP contribution in [0.3, 0.4) is 0 Å². The maximum Gasteiger partial charge on any atom is 0.255 e. The highest BCUT2D eigenvalue weighted by Gasteiger charge is 2.65. The number of halogens is 3. The van der Waals surface area contributed by atoms with Crippen molar-refractivity contribution in [1.82, 2.24) is 0 Å². The van der Waals surface area contributed by atoms with Crippen molar-refractivity contribution in [3.8, 4) is 0 Å². The number of aliphatic hydroxyl groups excluding tert-OH is 2. The Morgan fingerprint density at radius 3 is 2.31 bits per heavy atom. The van der Waals surface area contributed by atoms with Crippen molar-refractivity contribution in [3.05, 3.63) is 58.6 Å². The van der Waals surface area contributed by atoms with E-state index in [1.54, 1.807) is 0 Å². The largest absolute Gasteiger partial charge is 0.390 e. The zero-order valence-corrected chi connectivity index (χ0v) is 20.6. The van der Waals surface area contributed by atoms with Crippen LogP contribution < -0.4 is 5.32 Å². The van der Waals surface area contributed by atoms with E-state index in [1.165, 1.54) is 18.2 Å². The average molecular weight is 542 g/mol. The Hall–Kier alpha value is -2.11. The summed E-state index contributed by atoms with van der Waals surface area (Å²) in [5.41, 5.74) is -1.57. The molecule has 0 spiro atoms. The zero-order valence-electron chi connectivity index (χ0n) is 19.1. The van der Waals surface area contributed by atoms with Crippen molar-refractivity contribution in [1.29, 1.82) is 0 Å². The lowest BCUT2D eigenvalue weighted by molar-refractivity contribution is -0.253. The molecule has 2 unspecified atom stereocenters. The number of hydrogen-bond donors (Lipinski definition) is 4. The SMILES string of the molecule is O=C(Nc1ccc(F)c(F)c1)c1ccc(Cl)c(S(=O)(=O)C2CC3CC(C2)C3(O)[C@H](O)[C@@H](O)C2CC2)c1. The van der Waals surface area contributed by atoms with Gasteiger partial charge in [-0.25, -0.2) is 17.2 Å². The topological polar surface area (TPSA) is 124 Å². The summed E-state index contributed by atoms with van der Waals surface area (Å²) in [6.45, 7) is 0. The first kappa shape index (κ1) is 25.5. The number of fused-ring (bicyclic) bond motifs is 2. The Balaban J connectivity index is 1.34. The van der Waals surface area contributed by atoms with Crippen LogP contribution in [0.1, 0.15) is 42.5 Å². The van der Waals surface area contributed by atoms with Crippen molar-refractivity contribution in [3.63, 3.8) is 0 Å². The first-order chi connectivity index (χ1) is 16.9. The van der Waals surface area contributed by atoms with Crippen LogP contribution in [0.15, 0.2) is 41.3 Å². The Morgan fingerprint density at radius 1 is 1.03 bits per heavy atom. The third kappa shape index (κ3) is 4.22. The predicted octanol–water partition coefficient (Wildman–Crippen LogP) is 3.31. The molecule has 4 saturated carbocycles. The van der Waals surface area contributed by atoms with Crippen LogP contribution in [0, 0.1) is 29.4 Å². The number of carbonyl (C=O) groups excluding carboxylic acids is 1. The smallest absolute Gasteiger partial charge is 0.255 e. The molecule has 11 heteroatoms. The normalized spacial score (nSPS) is 29.2. The summed E-state index contributed by atoms with van der Waals surface area (Å²) < 4.78 is 53.7. The molecule has 0 heterocycles. The van der Waals surface area contributed by atoms with Gasteiger partial charge in [0, 0.05) is 17.3 Å². The fraction of sp³-hybridized carbons (Fsp3) is 0.480. The summed E-state index contributed by atoms with van der Waals surface area (Å²) in [5.74, 6) is -3.95. The second kappa shape index (κ2) is 9.02. The van der Waals surface area contributed by atoms with E-state index < -0.39 is 62.3 Å². The summed E-state index contributed by atoms with van der Waals surface area (Å²) in [6.07, 6.45) is -0.0479. The lowest BCUT2D eigenvalue weighted by atomic mass is 9.51. The van der Waals surface area contributed by atoms with Gasteiger partial charge in [0.05, 0.1) is 26.9 Å². The monoisotopic (exact) mass is 541 g/mol. The number of amides is 1. The fourth-order valence-corrected chi connectivity index (χ4v) is 8.12. The molecule has 0 saturated heterocycles. The number of nitrogens with one attached hydrogen (secondary N) is 1. The molecule has 36 heavy (non-hydrogen) atoms. The molecule has 0 aliphatic heterocycles. The Labute approximate surface area is 212 Å². The van der Waals surface area contributed by atoms with Gasteiger partial charge in [-0.2, -0.15) is 0 Å². The van der Waals surface area contributed by atoms with Gasteiger partial charge in [0.1, 0.15) is 6.10 Å². The van der Waals surface area contributed by atoms with Gasteiger partial charge in [0.2, 0.25) is 0 Å². The van der Waals surface area contributed by atoms with E-state index in [0.29, 0.717) is 6.42 Å². The summed E-state index contributed by atoms with van der Waals surface area (Å²) in [6, 6.07) is 6.59. The number of sulfone groups is 1. The quantitative estimate of drug-likeness (QED) is 0.426. The van der Waals surface area contributed by atoms with E-state index in [9.17, 15) is 37.3 Å². The molecule has 4 aliphatic rings. The van der Waals surface area contributed by atoms with Gasteiger partial charge in [0.25, 0.3) is 5.91 Å². The van der Waals surface area contributed by atoms with Gasteiger partial charge in [-0.1, -0.05) is 11.6 Å². The first-order valence-corrected chi connectivity index (χ1v) is 13.7. The van der Waals surface area contributed by atoms with Gasteiger partial charge < -0.3 is 20.6 Å². The van der Waals surface area contributed by atoms with Crippen molar-refractivity contribution < 1.29 is 37.3 Å². The van der Waals surface area contributed by atoms with Crippen LogP contribution >= 0.6 is 11.6 Å².